The number of amides is 1. The molecule has 0 saturated carbocycles. The number of benzene rings is 1. The highest BCUT2D eigenvalue weighted by molar-refractivity contribution is 7.99. The standard InChI is InChI=1S/C11H12ClN5OS/c1-14-9(18)6-19-11-16-15-10(17(11)13)7-3-2-4-8(12)5-7/h2-5H,6,13H2,1H3,(H,14,18). The van der Waals surface area contributed by atoms with Gasteiger partial charge in [0, 0.05) is 17.6 Å². The number of rotatable bonds is 4. The molecule has 0 spiro atoms. The second-order valence-corrected chi connectivity index (χ2v) is 5.03. The van der Waals surface area contributed by atoms with Gasteiger partial charge < -0.3 is 11.2 Å². The van der Waals surface area contributed by atoms with E-state index in [9.17, 15) is 4.79 Å². The molecule has 0 aliphatic heterocycles. The first kappa shape index (κ1) is 13.7. The van der Waals surface area contributed by atoms with Crippen LogP contribution in [0, 0.1) is 0 Å². The number of carbonyl (C=O) groups excluding carboxylic acids is 1. The second-order valence-electron chi connectivity index (χ2n) is 3.65. The minimum atomic E-state index is -0.0997. The lowest BCUT2D eigenvalue weighted by Gasteiger charge is -2.03. The van der Waals surface area contributed by atoms with E-state index < -0.39 is 0 Å². The average molecular weight is 298 g/mol. The summed E-state index contributed by atoms with van der Waals surface area (Å²) in [5, 5.41) is 11.6. The van der Waals surface area contributed by atoms with Gasteiger partial charge in [0.2, 0.25) is 11.1 Å². The molecule has 0 atom stereocenters. The third-order valence-electron chi connectivity index (χ3n) is 2.36. The first-order valence-corrected chi connectivity index (χ1v) is 6.78. The lowest BCUT2D eigenvalue weighted by atomic mass is 10.2. The van der Waals surface area contributed by atoms with Crippen molar-refractivity contribution in [2.45, 2.75) is 5.16 Å². The van der Waals surface area contributed by atoms with Gasteiger partial charge in [-0.3, -0.25) is 4.79 Å². The van der Waals surface area contributed by atoms with Crippen LogP contribution >= 0.6 is 23.4 Å². The largest absolute Gasteiger partial charge is 0.358 e. The summed E-state index contributed by atoms with van der Waals surface area (Å²) < 4.78 is 1.35. The van der Waals surface area contributed by atoms with Gasteiger partial charge in [0.1, 0.15) is 0 Å². The fraction of sp³-hybridized carbons (Fsp3) is 0.182. The van der Waals surface area contributed by atoms with Gasteiger partial charge in [0.15, 0.2) is 5.82 Å². The molecule has 8 heteroatoms. The molecule has 0 radical (unpaired) electrons. The van der Waals surface area contributed by atoms with E-state index in [0.29, 0.717) is 16.0 Å². The number of nitrogens with two attached hydrogens (primary N) is 1. The molecule has 19 heavy (non-hydrogen) atoms. The van der Waals surface area contributed by atoms with Gasteiger partial charge in [-0.1, -0.05) is 35.5 Å². The maximum Gasteiger partial charge on any atom is 0.230 e. The van der Waals surface area contributed by atoms with Crippen LogP contribution in [0.25, 0.3) is 11.4 Å². The van der Waals surface area contributed by atoms with Crippen LogP contribution in [0.1, 0.15) is 0 Å². The van der Waals surface area contributed by atoms with E-state index in [2.05, 4.69) is 15.5 Å². The Balaban J connectivity index is 2.21. The van der Waals surface area contributed by atoms with Crippen LogP contribution in [0.4, 0.5) is 0 Å². The van der Waals surface area contributed by atoms with Crippen molar-refractivity contribution in [2.24, 2.45) is 0 Å². The molecule has 3 N–H and O–H groups in total. The Labute approximate surface area is 119 Å². The van der Waals surface area contributed by atoms with Crippen molar-refractivity contribution < 1.29 is 4.79 Å². The summed E-state index contributed by atoms with van der Waals surface area (Å²) in [6, 6.07) is 7.17. The molecule has 100 valence electrons. The van der Waals surface area contributed by atoms with E-state index in [1.165, 1.54) is 16.4 Å². The summed E-state index contributed by atoms with van der Waals surface area (Å²) in [4.78, 5) is 11.2. The summed E-state index contributed by atoms with van der Waals surface area (Å²) in [6.07, 6.45) is 0. The molecule has 1 aromatic carbocycles. The number of nitrogens with one attached hydrogen (secondary N) is 1. The third-order valence-corrected chi connectivity index (χ3v) is 3.54. The van der Waals surface area contributed by atoms with Gasteiger partial charge in [0.05, 0.1) is 5.75 Å². The molecule has 6 nitrogen and oxygen atoms in total. The van der Waals surface area contributed by atoms with Crippen LogP contribution in [-0.2, 0) is 4.79 Å². The van der Waals surface area contributed by atoms with E-state index in [1.54, 1.807) is 19.2 Å². The number of thioether (sulfide) groups is 1. The van der Waals surface area contributed by atoms with E-state index >= 15 is 0 Å². The highest BCUT2D eigenvalue weighted by Crippen LogP contribution is 2.23. The highest BCUT2D eigenvalue weighted by atomic mass is 35.5. The maximum atomic E-state index is 11.2. The van der Waals surface area contributed by atoms with Crippen LogP contribution in [0.15, 0.2) is 29.4 Å². The number of halogens is 1. The predicted molar refractivity (Wildman–Crippen MR) is 75.4 cm³/mol. The molecule has 2 aromatic rings. The van der Waals surface area contributed by atoms with E-state index in [0.717, 1.165) is 5.56 Å². The van der Waals surface area contributed by atoms with Crippen molar-refractivity contribution in [1.29, 1.82) is 0 Å². The number of aromatic nitrogens is 3. The van der Waals surface area contributed by atoms with Crippen molar-refractivity contribution in [3.05, 3.63) is 29.3 Å². The van der Waals surface area contributed by atoms with Crippen molar-refractivity contribution in [3.8, 4) is 11.4 Å². The number of carbonyl (C=O) groups is 1. The highest BCUT2D eigenvalue weighted by Gasteiger charge is 2.13. The van der Waals surface area contributed by atoms with Gasteiger partial charge in [-0.05, 0) is 12.1 Å². The molecule has 0 aliphatic carbocycles. The van der Waals surface area contributed by atoms with Crippen molar-refractivity contribution in [3.63, 3.8) is 0 Å². The smallest absolute Gasteiger partial charge is 0.230 e. The molecular formula is C11H12ClN5OS. The van der Waals surface area contributed by atoms with Gasteiger partial charge in [-0.15, -0.1) is 10.2 Å². The topological polar surface area (TPSA) is 85.8 Å². The normalized spacial score (nSPS) is 10.4. The Morgan fingerprint density at radius 2 is 2.32 bits per heavy atom. The fourth-order valence-electron chi connectivity index (χ4n) is 1.40. The number of hydrogen-bond donors (Lipinski definition) is 2. The average Bonchev–Trinajstić information content (AvgIpc) is 2.77. The molecule has 1 heterocycles. The first-order chi connectivity index (χ1) is 9.11. The van der Waals surface area contributed by atoms with Gasteiger partial charge in [-0.25, -0.2) is 4.68 Å². The fourth-order valence-corrected chi connectivity index (χ4v) is 2.32. The quantitative estimate of drug-likeness (QED) is 0.653. The van der Waals surface area contributed by atoms with Crippen LogP contribution in [0.3, 0.4) is 0 Å². The molecule has 0 fully saturated rings. The Hall–Kier alpha value is -1.73. The Morgan fingerprint density at radius 1 is 1.53 bits per heavy atom. The number of nitrogens with zero attached hydrogens (tertiary/aromatic N) is 3. The summed E-state index contributed by atoms with van der Waals surface area (Å²) in [5.74, 6) is 6.55. The Morgan fingerprint density at radius 3 is 3.00 bits per heavy atom. The zero-order valence-electron chi connectivity index (χ0n) is 10.1. The number of hydrogen-bond acceptors (Lipinski definition) is 5. The monoisotopic (exact) mass is 297 g/mol. The number of nitrogen functional groups attached to an aromatic ring is 1. The summed E-state index contributed by atoms with van der Waals surface area (Å²) in [7, 11) is 1.58. The SMILES string of the molecule is CNC(=O)CSc1nnc(-c2cccc(Cl)c2)n1N. The predicted octanol–water partition coefficient (Wildman–Crippen LogP) is 1.15. The Bertz CT molecular complexity index is 601. The zero-order valence-corrected chi connectivity index (χ0v) is 11.7. The Kier molecular flexibility index (Phi) is 4.28. The van der Waals surface area contributed by atoms with Gasteiger partial charge in [0.25, 0.3) is 0 Å². The van der Waals surface area contributed by atoms with Crippen molar-refractivity contribution >= 4 is 29.3 Å². The first-order valence-electron chi connectivity index (χ1n) is 5.41. The van der Waals surface area contributed by atoms with Crippen LogP contribution in [-0.4, -0.2) is 33.6 Å². The van der Waals surface area contributed by atoms with E-state index in [-0.39, 0.29) is 11.7 Å². The van der Waals surface area contributed by atoms with Crippen molar-refractivity contribution in [1.82, 2.24) is 20.2 Å². The van der Waals surface area contributed by atoms with Crippen LogP contribution in [0.2, 0.25) is 5.02 Å². The minimum Gasteiger partial charge on any atom is -0.358 e. The van der Waals surface area contributed by atoms with E-state index in [1.807, 2.05) is 12.1 Å². The molecule has 0 aliphatic rings. The summed E-state index contributed by atoms with van der Waals surface area (Å²) in [5.41, 5.74) is 0.772. The maximum absolute atomic E-state index is 11.2. The lowest BCUT2D eigenvalue weighted by molar-refractivity contribution is -0.118. The molecule has 0 saturated heterocycles. The molecule has 1 aromatic heterocycles. The van der Waals surface area contributed by atoms with Crippen LogP contribution < -0.4 is 11.2 Å². The molecule has 0 unspecified atom stereocenters. The van der Waals surface area contributed by atoms with Crippen molar-refractivity contribution in [2.75, 3.05) is 18.6 Å². The molecular weight excluding hydrogens is 286 g/mol. The lowest BCUT2D eigenvalue weighted by Crippen LogP contribution is -2.20. The van der Waals surface area contributed by atoms with Gasteiger partial charge >= 0.3 is 0 Å². The van der Waals surface area contributed by atoms with E-state index in [4.69, 9.17) is 17.4 Å². The van der Waals surface area contributed by atoms with Crippen LogP contribution in [0.5, 0.6) is 0 Å². The second kappa shape index (κ2) is 5.94. The third kappa shape index (κ3) is 3.18. The summed E-state index contributed by atoms with van der Waals surface area (Å²) in [6.45, 7) is 0. The summed E-state index contributed by atoms with van der Waals surface area (Å²) >= 11 is 7.14. The molecule has 2 rings (SSSR count). The molecule has 0 bridgehead atoms. The zero-order chi connectivity index (χ0) is 13.8. The van der Waals surface area contributed by atoms with Gasteiger partial charge in [-0.2, -0.15) is 0 Å². The molecule has 1 amide bonds. The minimum absolute atomic E-state index is 0.0997.